The highest BCUT2D eigenvalue weighted by Gasteiger charge is 2.15. The molecule has 0 fully saturated rings. The number of rotatable bonds is 7. The van der Waals surface area contributed by atoms with Crippen LogP contribution < -0.4 is 10.1 Å². The van der Waals surface area contributed by atoms with Gasteiger partial charge in [0, 0.05) is 12.1 Å². The summed E-state index contributed by atoms with van der Waals surface area (Å²) < 4.78 is 18.1. The molecule has 0 spiro atoms. The van der Waals surface area contributed by atoms with Crippen LogP contribution in [0.15, 0.2) is 18.2 Å². The number of nitrogens with one attached hydrogen (secondary N) is 1. The molecule has 5 nitrogen and oxygen atoms in total. The summed E-state index contributed by atoms with van der Waals surface area (Å²) in [5, 5.41) is 13.8. The molecular weight excluding hydrogens is 227 g/mol. The van der Waals surface area contributed by atoms with Crippen LogP contribution in [0.2, 0.25) is 0 Å². The van der Waals surface area contributed by atoms with Crippen molar-refractivity contribution >= 4 is 5.69 Å². The molecule has 0 bridgehead atoms. The number of ether oxygens (including phenoxy) is 1. The number of benzene rings is 1. The summed E-state index contributed by atoms with van der Waals surface area (Å²) >= 11 is 0. The van der Waals surface area contributed by atoms with Crippen LogP contribution in [0.4, 0.5) is 10.1 Å². The summed E-state index contributed by atoms with van der Waals surface area (Å²) in [7, 11) is 0. The zero-order valence-electron chi connectivity index (χ0n) is 9.61. The third-order valence-electron chi connectivity index (χ3n) is 2.12. The minimum atomic E-state index is -0.584. The van der Waals surface area contributed by atoms with Gasteiger partial charge in [0.05, 0.1) is 11.5 Å². The van der Waals surface area contributed by atoms with Gasteiger partial charge in [-0.2, -0.15) is 0 Å². The van der Waals surface area contributed by atoms with Gasteiger partial charge in [0.2, 0.25) is 0 Å². The Morgan fingerprint density at radius 1 is 1.53 bits per heavy atom. The zero-order chi connectivity index (χ0) is 12.7. The first-order chi connectivity index (χ1) is 8.15. The average Bonchev–Trinajstić information content (AvgIpc) is 2.28. The average molecular weight is 242 g/mol. The van der Waals surface area contributed by atoms with Crippen LogP contribution in [0.25, 0.3) is 0 Å². The number of hydrogen-bond acceptors (Lipinski definition) is 4. The quantitative estimate of drug-likeness (QED) is 0.452. The summed E-state index contributed by atoms with van der Waals surface area (Å²) in [5.41, 5.74) is -0.213. The van der Waals surface area contributed by atoms with Crippen molar-refractivity contribution in [3.05, 3.63) is 34.1 Å². The predicted octanol–water partition coefficient (Wildman–Crippen LogP) is 2.11. The van der Waals surface area contributed by atoms with Crippen molar-refractivity contribution in [1.29, 1.82) is 0 Å². The lowest BCUT2D eigenvalue weighted by Gasteiger charge is -2.06. The third-order valence-corrected chi connectivity index (χ3v) is 2.12. The van der Waals surface area contributed by atoms with Crippen molar-refractivity contribution in [1.82, 2.24) is 5.32 Å². The largest absolute Gasteiger partial charge is 0.487 e. The Labute approximate surface area is 98.7 Å². The molecule has 17 heavy (non-hydrogen) atoms. The lowest BCUT2D eigenvalue weighted by molar-refractivity contribution is -0.385. The van der Waals surface area contributed by atoms with E-state index in [-0.39, 0.29) is 11.4 Å². The molecule has 0 aromatic heterocycles. The minimum absolute atomic E-state index is 0.0218. The molecule has 0 aliphatic rings. The molecule has 0 unspecified atom stereocenters. The fourth-order valence-electron chi connectivity index (χ4n) is 1.31. The summed E-state index contributed by atoms with van der Waals surface area (Å²) in [6.45, 7) is 3.93. The Bertz CT molecular complexity index is 385. The van der Waals surface area contributed by atoms with Gasteiger partial charge < -0.3 is 10.1 Å². The van der Waals surface area contributed by atoms with Crippen molar-refractivity contribution in [2.45, 2.75) is 13.3 Å². The molecule has 0 saturated heterocycles. The van der Waals surface area contributed by atoms with Crippen molar-refractivity contribution < 1.29 is 14.1 Å². The normalized spacial score (nSPS) is 10.2. The van der Waals surface area contributed by atoms with Crippen LogP contribution >= 0.6 is 0 Å². The van der Waals surface area contributed by atoms with Crippen LogP contribution in [0, 0.1) is 15.9 Å². The SMILES string of the molecule is CCNCCCOc1cc(F)ccc1[N+](=O)[O-]. The van der Waals surface area contributed by atoms with E-state index in [0.717, 1.165) is 31.3 Å². The van der Waals surface area contributed by atoms with Gasteiger partial charge in [0.1, 0.15) is 5.82 Å². The second-order valence-corrected chi connectivity index (χ2v) is 3.42. The number of nitrogens with zero attached hydrogens (tertiary/aromatic N) is 1. The number of nitro benzene ring substituents is 1. The monoisotopic (exact) mass is 242 g/mol. The fourth-order valence-corrected chi connectivity index (χ4v) is 1.31. The molecular formula is C11H15FN2O3. The molecule has 0 aliphatic carbocycles. The zero-order valence-corrected chi connectivity index (χ0v) is 9.61. The molecule has 0 atom stereocenters. The maximum atomic E-state index is 12.9. The van der Waals surface area contributed by atoms with Gasteiger partial charge in [-0.1, -0.05) is 6.92 Å². The summed E-state index contributed by atoms with van der Waals surface area (Å²) in [5.74, 6) is -0.566. The van der Waals surface area contributed by atoms with Gasteiger partial charge in [-0.25, -0.2) is 4.39 Å². The first-order valence-corrected chi connectivity index (χ1v) is 5.42. The van der Waals surface area contributed by atoms with Crippen molar-refractivity contribution in [3.63, 3.8) is 0 Å². The maximum Gasteiger partial charge on any atom is 0.311 e. The first kappa shape index (κ1) is 13.4. The highest BCUT2D eigenvalue weighted by molar-refractivity contribution is 5.46. The van der Waals surface area contributed by atoms with E-state index in [2.05, 4.69) is 5.32 Å². The van der Waals surface area contributed by atoms with Gasteiger partial charge in [-0.05, 0) is 25.6 Å². The van der Waals surface area contributed by atoms with E-state index in [4.69, 9.17) is 4.74 Å². The third kappa shape index (κ3) is 4.36. The molecule has 0 heterocycles. The van der Waals surface area contributed by atoms with Crippen molar-refractivity contribution in [2.75, 3.05) is 19.7 Å². The van der Waals surface area contributed by atoms with Gasteiger partial charge in [0.25, 0.3) is 0 Å². The second-order valence-electron chi connectivity index (χ2n) is 3.42. The van der Waals surface area contributed by atoms with Crippen LogP contribution in [0.3, 0.4) is 0 Å². The Hall–Kier alpha value is -1.69. The predicted molar refractivity (Wildman–Crippen MR) is 61.7 cm³/mol. The molecule has 1 rings (SSSR count). The summed E-state index contributed by atoms with van der Waals surface area (Å²) in [4.78, 5) is 10.1. The highest BCUT2D eigenvalue weighted by Crippen LogP contribution is 2.27. The standard InChI is InChI=1S/C11H15FN2O3/c1-2-13-6-3-7-17-11-8-9(12)4-5-10(11)14(15)16/h4-5,8,13H,2-3,6-7H2,1H3. The Kier molecular flexibility index (Phi) is 5.35. The smallest absolute Gasteiger partial charge is 0.311 e. The van der Waals surface area contributed by atoms with Crippen LogP contribution in [0.5, 0.6) is 5.75 Å². The molecule has 94 valence electrons. The molecule has 0 saturated carbocycles. The maximum absolute atomic E-state index is 12.9. The van der Waals surface area contributed by atoms with E-state index in [1.54, 1.807) is 0 Å². The van der Waals surface area contributed by atoms with Crippen LogP contribution in [-0.2, 0) is 0 Å². The molecule has 0 amide bonds. The van der Waals surface area contributed by atoms with Crippen LogP contribution in [0.1, 0.15) is 13.3 Å². The van der Waals surface area contributed by atoms with E-state index in [9.17, 15) is 14.5 Å². The van der Waals surface area contributed by atoms with Gasteiger partial charge in [-0.15, -0.1) is 0 Å². The van der Waals surface area contributed by atoms with Gasteiger partial charge in [0.15, 0.2) is 5.75 Å². The molecule has 0 aliphatic heterocycles. The lowest BCUT2D eigenvalue weighted by Crippen LogP contribution is -2.16. The van der Waals surface area contributed by atoms with E-state index < -0.39 is 10.7 Å². The van der Waals surface area contributed by atoms with Gasteiger partial charge in [-0.3, -0.25) is 10.1 Å². The molecule has 1 aromatic rings. The number of hydrogen-bond donors (Lipinski definition) is 1. The lowest BCUT2D eigenvalue weighted by atomic mass is 10.3. The Morgan fingerprint density at radius 2 is 2.29 bits per heavy atom. The highest BCUT2D eigenvalue weighted by atomic mass is 19.1. The van der Waals surface area contributed by atoms with E-state index in [1.165, 1.54) is 0 Å². The van der Waals surface area contributed by atoms with Crippen molar-refractivity contribution in [2.24, 2.45) is 0 Å². The second kappa shape index (κ2) is 6.80. The van der Waals surface area contributed by atoms with Gasteiger partial charge >= 0.3 is 5.69 Å². The molecule has 0 radical (unpaired) electrons. The molecule has 1 N–H and O–H groups in total. The summed E-state index contributed by atoms with van der Waals surface area (Å²) in [6, 6.07) is 3.18. The number of halogens is 1. The Morgan fingerprint density at radius 3 is 2.94 bits per heavy atom. The van der Waals surface area contributed by atoms with E-state index in [1.807, 2.05) is 6.92 Å². The topological polar surface area (TPSA) is 64.4 Å². The van der Waals surface area contributed by atoms with Crippen LogP contribution in [-0.4, -0.2) is 24.6 Å². The molecule has 6 heteroatoms. The van der Waals surface area contributed by atoms with E-state index in [0.29, 0.717) is 13.0 Å². The van der Waals surface area contributed by atoms with E-state index >= 15 is 0 Å². The van der Waals surface area contributed by atoms with Crippen molar-refractivity contribution in [3.8, 4) is 5.75 Å². The minimum Gasteiger partial charge on any atom is -0.487 e. The summed E-state index contributed by atoms with van der Waals surface area (Å²) in [6.07, 6.45) is 0.710. The number of nitro groups is 1. The first-order valence-electron chi connectivity index (χ1n) is 5.42. The Balaban J connectivity index is 2.56. The molecule has 1 aromatic carbocycles. The fraction of sp³-hybridized carbons (Fsp3) is 0.455.